The van der Waals surface area contributed by atoms with Crippen molar-refractivity contribution < 1.29 is 17.6 Å². The SMILES string of the molecule is COc1ccc(-c2cn3ccccc3n2)cc1NS(=O)(=O)c1ccc(-c2coc(C)n2)cc1. The van der Waals surface area contributed by atoms with Gasteiger partial charge >= 0.3 is 0 Å². The largest absolute Gasteiger partial charge is 0.495 e. The maximum Gasteiger partial charge on any atom is 0.262 e. The minimum atomic E-state index is -3.86. The summed E-state index contributed by atoms with van der Waals surface area (Å²) in [5.74, 6) is 0.946. The van der Waals surface area contributed by atoms with E-state index in [0.717, 1.165) is 22.5 Å². The molecule has 5 rings (SSSR count). The van der Waals surface area contributed by atoms with E-state index < -0.39 is 10.0 Å². The molecule has 0 bridgehead atoms. The van der Waals surface area contributed by atoms with Crippen LogP contribution >= 0.6 is 0 Å². The number of aromatic nitrogens is 3. The first-order valence-corrected chi connectivity index (χ1v) is 11.6. The summed E-state index contributed by atoms with van der Waals surface area (Å²) in [5.41, 5.74) is 4.00. The summed E-state index contributed by atoms with van der Waals surface area (Å²) in [4.78, 5) is 8.98. The summed E-state index contributed by atoms with van der Waals surface area (Å²) >= 11 is 0. The van der Waals surface area contributed by atoms with E-state index in [1.165, 1.54) is 25.5 Å². The molecule has 0 saturated heterocycles. The smallest absolute Gasteiger partial charge is 0.262 e. The number of nitrogens with one attached hydrogen (secondary N) is 1. The number of imidazole rings is 1. The molecule has 0 fully saturated rings. The highest BCUT2D eigenvalue weighted by atomic mass is 32.2. The topological polar surface area (TPSA) is 98.7 Å². The van der Waals surface area contributed by atoms with E-state index in [1.807, 2.05) is 41.1 Å². The third-order valence-electron chi connectivity index (χ3n) is 5.18. The fraction of sp³-hybridized carbons (Fsp3) is 0.0833. The van der Waals surface area contributed by atoms with Crippen LogP contribution in [0.25, 0.3) is 28.2 Å². The van der Waals surface area contributed by atoms with Crippen LogP contribution < -0.4 is 9.46 Å². The fourth-order valence-electron chi connectivity index (χ4n) is 3.53. The molecular formula is C24H20N4O4S. The Morgan fingerprint density at radius 2 is 1.76 bits per heavy atom. The van der Waals surface area contributed by atoms with Crippen molar-refractivity contribution in [3.05, 3.63) is 85.2 Å². The minimum Gasteiger partial charge on any atom is -0.495 e. The molecule has 1 N–H and O–H groups in total. The minimum absolute atomic E-state index is 0.117. The van der Waals surface area contributed by atoms with Crippen LogP contribution in [0.2, 0.25) is 0 Å². The summed E-state index contributed by atoms with van der Waals surface area (Å²) in [7, 11) is -2.37. The van der Waals surface area contributed by atoms with E-state index in [0.29, 0.717) is 23.0 Å². The predicted octanol–water partition coefficient (Wildman–Crippen LogP) is 4.77. The molecule has 0 atom stereocenters. The molecule has 3 heterocycles. The Hall–Kier alpha value is -4.11. The molecule has 0 aliphatic carbocycles. The molecule has 166 valence electrons. The highest BCUT2D eigenvalue weighted by molar-refractivity contribution is 7.92. The van der Waals surface area contributed by atoms with E-state index >= 15 is 0 Å². The van der Waals surface area contributed by atoms with Gasteiger partial charge in [0.1, 0.15) is 23.4 Å². The molecular weight excluding hydrogens is 440 g/mol. The number of sulfonamides is 1. The van der Waals surface area contributed by atoms with Gasteiger partial charge in [0.05, 0.1) is 23.4 Å². The lowest BCUT2D eigenvalue weighted by atomic mass is 10.1. The van der Waals surface area contributed by atoms with Crippen molar-refractivity contribution in [1.82, 2.24) is 14.4 Å². The molecule has 3 aromatic heterocycles. The van der Waals surface area contributed by atoms with Crippen molar-refractivity contribution in [3.8, 4) is 28.3 Å². The van der Waals surface area contributed by atoms with Crippen molar-refractivity contribution in [1.29, 1.82) is 0 Å². The van der Waals surface area contributed by atoms with Crippen molar-refractivity contribution in [2.75, 3.05) is 11.8 Å². The highest BCUT2D eigenvalue weighted by Gasteiger charge is 2.18. The number of anilines is 1. The van der Waals surface area contributed by atoms with Crippen molar-refractivity contribution in [3.63, 3.8) is 0 Å². The Kier molecular flexibility index (Phi) is 5.10. The summed E-state index contributed by atoms with van der Waals surface area (Å²) in [6.45, 7) is 1.75. The lowest BCUT2D eigenvalue weighted by molar-refractivity contribution is 0.417. The maximum atomic E-state index is 13.1. The Balaban J connectivity index is 1.46. The number of pyridine rings is 1. The van der Waals surface area contributed by atoms with Gasteiger partial charge in [0.2, 0.25) is 0 Å². The summed E-state index contributed by atoms with van der Waals surface area (Å²) in [6, 6.07) is 17.4. The number of rotatable bonds is 6. The molecule has 0 radical (unpaired) electrons. The van der Waals surface area contributed by atoms with Crippen LogP contribution in [0.15, 0.2) is 88.6 Å². The highest BCUT2D eigenvalue weighted by Crippen LogP contribution is 2.32. The Labute approximate surface area is 190 Å². The lowest BCUT2D eigenvalue weighted by Gasteiger charge is -2.13. The fourth-order valence-corrected chi connectivity index (χ4v) is 4.59. The van der Waals surface area contributed by atoms with Gasteiger partial charge in [0.15, 0.2) is 5.89 Å². The molecule has 0 spiro atoms. The number of methoxy groups -OCH3 is 1. The second-order valence-corrected chi connectivity index (χ2v) is 9.07. The number of aryl methyl sites for hydroxylation is 1. The summed E-state index contributed by atoms with van der Waals surface area (Å²) < 4.78 is 41.3. The average Bonchev–Trinajstić information content (AvgIpc) is 3.45. The number of nitrogens with zero attached hydrogens (tertiary/aromatic N) is 3. The standard InChI is InChI=1S/C24H20N4O4S/c1-16-25-22(15-32-16)17-6-9-19(10-7-17)33(29,30)27-20-13-18(8-11-23(20)31-2)21-14-28-12-4-3-5-24(28)26-21/h3-15,27H,1-2H3. The number of benzene rings is 2. The van der Waals surface area contributed by atoms with Gasteiger partial charge < -0.3 is 13.6 Å². The van der Waals surface area contributed by atoms with Crippen LogP contribution in [-0.4, -0.2) is 29.9 Å². The molecule has 8 nitrogen and oxygen atoms in total. The van der Waals surface area contributed by atoms with Gasteiger partial charge in [-0.15, -0.1) is 0 Å². The molecule has 9 heteroatoms. The first kappa shape index (κ1) is 20.8. The number of oxazole rings is 1. The van der Waals surface area contributed by atoms with Crippen LogP contribution in [-0.2, 0) is 10.0 Å². The van der Waals surface area contributed by atoms with E-state index in [-0.39, 0.29) is 4.90 Å². The molecule has 0 aliphatic heterocycles. The molecule has 5 aromatic rings. The summed E-state index contributed by atoms with van der Waals surface area (Å²) in [6.07, 6.45) is 5.33. The van der Waals surface area contributed by atoms with Gasteiger partial charge in [-0.2, -0.15) is 0 Å². The molecule has 2 aromatic carbocycles. The van der Waals surface area contributed by atoms with Gasteiger partial charge in [-0.25, -0.2) is 18.4 Å². The maximum absolute atomic E-state index is 13.1. The van der Waals surface area contributed by atoms with Gasteiger partial charge in [0.25, 0.3) is 10.0 Å². The van der Waals surface area contributed by atoms with Crippen molar-refractivity contribution >= 4 is 21.4 Å². The number of hydrogen-bond donors (Lipinski definition) is 1. The van der Waals surface area contributed by atoms with E-state index in [4.69, 9.17) is 9.15 Å². The van der Waals surface area contributed by atoms with Crippen LogP contribution in [0, 0.1) is 6.92 Å². The second-order valence-electron chi connectivity index (χ2n) is 7.39. The Morgan fingerprint density at radius 3 is 2.45 bits per heavy atom. The monoisotopic (exact) mass is 460 g/mol. The average molecular weight is 461 g/mol. The molecule has 0 amide bonds. The Bertz CT molecular complexity index is 1520. The van der Waals surface area contributed by atoms with E-state index in [1.54, 1.807) is 31.2 Å². The third kappa shape index (κ3) is 4.06. The van der Waals surface area contributed by atoms with Gasteiger partial charge in [0, 0.05) is 30.4 Å². The van der Waals surface area contributed by atoms with Crippen molar-refractivity contribution in [2.24, 2.45) is 0 Å². The second kappa shape index (κ2) is 8.10. The molecule has 0 saturated carbocycles. The molecule has 0 unspecified atom stereocenters. The molecule has 0 aliphatic rings. The van der Waals surface area contributed by atoms with E-state index in [9.17, 15) is 8.42 Å². The van der Waals surface area contributed by atoms with E-state index in [2.05, 4.69) is 14.7 Å². The quantitative estimate of drug-likeness (QED) is 0.392. The zero-order chi connectivity index (χ0) is 23.0. The number of fused-ring (bicyclic) bond motifs is 1. The normalized spacial score (nSPS) is 11.6. The zero-order valence-corrected chi connectivity index (χ0v) is 18.7. The lowest BCUT2D eigenvalue weighted by Crippen LogP contribution is -2.13. The third-order valence-corrected chi connectivity index (χ3v) is 6.56. The van der Waals surface area contributed by atoms with Gasteiger partial charge in [-0.1, -0.05) is 18.2 Å². The van der Waals surface area contributed by atoms with Crippen LogP contribution in [0.3, 0.4) is 0 Å². The first-order chi connectivity index (χ1) is 15.9. The van der Waals surface area contributed by atoms with Crippen molar-refractivity contribution in [2.45, 2.75) is 11.8 Å². The zero-order valence-electron chi connectivity index (χ0n) is 17.9. The number of ether oxygens (including phenoxy) is 1. The summed E-state index contributed by atoms with van der Waals surface area (Å²) in [5, 5.41) is 0. The van der Waals surface area contributed by atoms with Gasteiger partial charge in [-0.3, -0.25) is 4.72 Å². The van der Waals surface area contributed by atoms with Crippen LogP contribution in [0.1, 0.15) is 5.89 Å². The van der Waals surface area contributed by atoms with Gasteiger partial charge in [-0.05, 0) is 42.5 Å². The molecule has 33 heavy (non-hydrogen) atoms. The first-order valence-electron chi connectivity index (χ1n) is 10.1. The Morgan fingerprint density at radius 1 is 0.970 bits per heavy atom. The predicted molar refractivity (Wildman–Crippen MR) is 125 cm³/mol. The van der Waals surface area contributed by atoms with Crippen LogP contribution in [0.5, 0.6) is 5.75 Å². The number of hydrogen-bond acceptors (Lipinski definition) is 6. The van der Waals surface area contributed by atoms with Crippen LogP contribution in [0.4, 0.5) is 5.69 Å².